The molecule has 0 fully saturated rings. The summed E-state index contributed by atoms with van der Waals surface area (Å²) < 4.78 is 0. The van der Waals surface area contributed by atoms with Gasteiger partial charge in [0.1, 0.15) is 0 Å². The van der Waals surface area contributed by atoms with Gasteiger partial charge < -0.3 is 0 Å². The van der Waals surface area contributed by atoms with Gasteiger partial charge in [-0.05, 0) is 12.5 Å². The molecule has 1 aromatic rings. The Morgan fingerprint density at radius 2 is 1.90 bits per heavy atom. The first-order valence-electron chi connectivity index (χ1n) is 3.23. The molecule has 0 nitrogen and oxygen atoms in total. The normalized spacial score (nSPS) is 9.30. The van der Waals surface area contributed by atoms with Gasteiger partial charge in [-0.15, -0.1) is 0 Å². The summed E-state index contributed by atoms with van der Waals surface area (Å²) in [7, 11) is 0. The SMILES string of the molecule is Cc1ccc(C[C]=S)cc1. The van der Waals surface area contributed by atoms with Gasteiger partial charge in [0.15, 0.2) is 0 Å². The van der Waals surface area contributed by atoms with Crippen molar-refractivity contribution in [3.05, 3.63) is 35.4 Å². The fourth-order valence-electron chi connectivity index (χ4n) is 0.789. The molecule has 0 aromatic heterocycles. The Balaban J connectivity index is 2.78. The predicted octanol–water partition coefficient (Wildman–Crippen LogP) is 2.41. The number of rotatable bonds is 2. The summed E-state index contributed by atoms with van der Waals surface area (Å²) in [5.74, 6) is 0. The Morgan fingerprint density at radius 3 is 2.40 bits per heavy atom. The Kier molecular flexibility index (Phi) is 2.57. The second kappa shape index (κ2) is 3.47. The summed E-state index contributed by atoms with van der Waals surface area (Å²) in [6.07, 6.45) is 0.773. The van der Waals surface area contributed by atoms with E-state index in [1.165, 1.54) is 11.1 Å². The van der Waals surface area contributed by atoms with Crippen LogP contribution in [0.1, 0.15) is 11.1 Å². The highest BCUT2D eigenvalue weighted by molar-refractivity contribution is 7.78. The van der Waals surface area contributed by atoms with Crippen LogP contribution in [0.4, 0.5) is 0 Å². The zero-order chi connectivity index (χ0) is 7.40. The van der Waals surface area contributed by atoms with Gasteiger partial charge >= 0.3 is 0 Å². The van der Waals surface area contributed by atoms with E-state index in [2.05, 4.69) is 48.8 Å². The lowest BCUT2D eigenvalue weighted by molar-refractivity contribution is 1.34. The van der Waals surface area contributed by atoms with Gasteiger partial charge in [-0.25, -0.2) is 0 Å². The summed E-state index contributed by atoms with van der Waals surface area (Å²) in [5.41, 5.74) is 2.52. The Labute approximate surface area is 66.9 Å². The molecule has 0 amide bonds. The van der Waals surface area contributed by atoms with Gasteiger partial charge in [-0.2, -0.15) is 0 Å². The van der Waals surface area contributed by atoms with E-state index < -0.39 is 0 Å². The van der Waals surface area contributed by atoms with Crippen molar-refractivity contribution in [1.29, 1.82) is 0 Å². The van der Waals surface area contributed by atoms with E-state index >= 15 is 0 Å². The molecule has 0 bridgehead atoms. The average molecular weight is 149 g/mol. The molecule has 10 heavy (non-hydrogen) atoms. The maximum Gasteiger partial charge on any atom is 0.0338 e. The van der Waals surface area contributed by atoms with Crippen molar-refractivity contribution < 1.29 is 0 Å². The van der Waals surface area contributed by atoms with Gasteiger partial charge in [0.05, 0.1) is 0 Å². The molecule has 0 spiro atoms. The lowest BCUT2D eigenvalue weighted by Crippen LogP contribution is -1.82. The minimum absolute atomic E-state index is 0.773. The number of hydrogen-bond acceptors (Lipinski definition) is 1. The number of hydrogen-bond donors (Lipinski definition) is 0. The summed E-state index contributed by atoms with van der Waals surface area (Å²) >= 11 is 4.62. The lowest BCUT2D eigenvalue weighted by Gasteiger charge is -1.94. The number of thiocarbonyl (C=S) groups is 1. The monoisotopic (exact) mass is 149 g/mol. The first kappa shape index (κ1) is 7.42. The first-order valence-corrected chi connectivity index (χ1v) is 3.64. The maximum absolute atomic E-state index is 4.62. The van der Waals surface area contributed by atoms with Crippen LogP contribution in [0.15, 0.2) is 24.3 Å². The van der Waals surface area contributed by atoms with E-state index in [9.17, 15) is 0 Å². The van der Waals surface area contributed by atoms with Gasteiger partial charge in [0, 0.05) is 11.8 Å². The van der Waals surface area contributed by atoms with Gasteiger partial charge in [0.2, 0.25) is 0 Å². The summed E-state index contributed by atoms with van der Waals surface area (Å²) in [6.45, 7) is 2.07. The topological polar surface area (TPSA) is 0 Å². The molecule has 0 aliphatic carbocycles. The van der Waals surface area contributed by atoms with Crippen LogP contribution >= 0.6 is 12.2 Å². The second-order valence-electron chi connectivity index (χ2n) is 2.31. The molecule has 0 aliphatic heterocycles. The molecule has 0 aliphatic rings. The summed E-state index contributed by atoms with van der Waals surface area (Å²) in [6, 6.07) is 8.33. The van der Waals surface area contributed by atoms with Crippen LogP contribution in [-0.4, -0.2) is 5.37 Å². The molecule has 0 heterocycles. The van der Waals surface area contributed by atoms with Crippen molar-refractivity contribution in [3.8, 4) is 0 Å². The third-order valence-electron chi connectivity index (χ3n) is 1.40. The van der Waals surface area contributed by atoms with Crippen molar-refractivity contribution >= 4 is 17.6 Å². The molecule has 0 unspecified atom stereocenters. The lowest BCUT2D eigenvalue weighted by atomic mass is 10.1. The smallest absolute Gasteiger partial charge is 0.0338 e. The van der Waals surface area contributed by atoms with Crippen LogP contribution in [0.3, 0.4) is 0 Å². The molecular formula is C9H9S. The van der Waals surface area contributed by atoms with Crippen LogP contribution in [0, 0.1) is 6.92 Å². The third kappa shape index (κ3) is 1.92. The highest BCUT2D eigenvalue weighted by Gasteiger charge is 1.87. The van der Waals surface area contributed by atoms with E-state index in [-0.39, 0.29) is 0 Å². The molecule has 0 saturated carbocycles. The highest BCUT2D eigenvalue weighted by atomic mass is 32.1. The van der Waals surface area contributed by atoms with Crippen LogP contribution < -0.4 is 0 Å². The Bertz CT molecular complexity index is 211. The molecule has 1 aromatic carbocycles. The highest BCUT2D eigenvalue weighted by Crippen LogP contribution is 2.02. The fraction of sp³-hybridized carbons (Fsp3) is 0.222. The fourth-order valence-corrected chi connectivity index (χ4v) is 0.956. The molecule has 0 saturated heterocycles. The summed E-state index contributed by atoms with van der Waals surface area (Å²) in [4.78, 5) is 0. The molecule has 1 radical (unpaired) electrons. The van der Waals surface area contributed by atoms with Crippen LogP contribution in [-0.2, 0) is 6.42 Å². The van der Waals surface area contributed by atoms with Gasteiger partial charge in [-0.1, -0.05) is 42.0 Å². The molecule has 51 valence electrons. The van der Waals surface area contributed by atoms with E-state index in [1.807, 2.05) is 0 Å². The zero-order valence-electron chi connectivity index (χ0n) is 5.92. The molecule has 0 atom stereocenters. The third-order valence-corrected chi connectivity index (χ3v) is 1.54. The standard InChI is InChI=1S/C9H9S/c1-8-2-4-9(5-3-8)6-7-10/h2-5H,6H2,1H3. The van der Waals surface area contributed by atoms with Crippen molar-refractivity contribution in [1.82, 2.24) is 0 Å². The van der Waals surface area contributed by atoms with E-state index in [0.717, 1.165) is 6.42 Å². The van der Waals surface area contributed by atoms with Crippen molar-refractivity contribution in [3.63, 3.8) is 0 Å². The summed E-state index contributed by atoms with van der Waals surface area (Å²) in [5, 5.41) is 2.69. The molecule has 1 heteroatoms. The first-order chi connectivity index (χ1) is 4.83. The van der Waals surface area contributed by atoms with E-state index in [4.69, 9.17) is 0 Å². The van der Waals surface area contributed by atoms with Crippen LogP contribution in [0.2, 0.25) is 0 Å². The minimum atomic E-state index is 0.773. The van der Waals surface area contributed by atoms with Gasteiger partial charge in [0.25, 0.3) is 0 Å². The van der Waals surface area contributed by atoms with E-state index in [1.54, 1.807) is 0 Å². The van der Waals surface area contributed by atoms with E-state index in [0.29, 0.717) is 0 Å². The number of benzene rings is 1. The second-order valence-corrected chi connectivity index (χ2v) is 2.60. The minimum Gasteiger partial charge on any atom is -0.0833 e. The number of aryl methyl sites for hydroxylation is 1. The van der Waals surface area contributed by atoms with Crippen molar-refractivity contribution in [2.45, 2.75) is 13.3 Å². The van der Waals surface area contributed by atoms with Crippen LogP contribution in [0.25, 0.3) is 0 Å². The van der Waals surface area contributed by atoms with Crippen LogP contribution in [0.5, 0.6) is 0 Å². The zero-order valence-corrected chi connectivity index (χ0v) is 6.74. The Hall–Kier alpha value is -0.690. The largest absolute Gasteiger partial charge is 0.0833 e. The molecule has 1 rings (SSSR count). The van der Waals surface area contributed by atoms with Crippen molar-refractivity contribution in [2.75, 3.05) is 0 Å². The predicted molar refractivity (Wildman–Crippen MR) is 47.5 cm³/mol. The maximum atomic E-state index is 4.62. The quantitative estimate of drug-likeness (QED) is 0.582. The average Bonchev–Trinajstić information content (AvgIpc) is 1.95. The van der Waals surface area contributed by atoms with Gasteiger partial charge in [-0.3, -0.25) is 0 Å². The molecular weight excluding hydrogens is 140 g/mol. The Morgan fingerprint density at radius 1 is 1.30 bits per heavy atom. The molecule has 0 N–H and O–H groups in total. The van der Waals surface area contributed by atoms with Crippen molar-refractivity contribution in [2.24, 2.45) is 0 Å².